The third-order valence-electron chi connectivity index (χ3n) is 0.368. The van der Waals surface area contributed by atoms with Crippen LogP contribution in [0.2, 0.25) is 0 Å². The highest BCUT2D eigenvalue weighted by atomic mass is 32.1. The highest BCUT2D eigenvalue weighted by Crippen LogP contribution is 1.85. The molecule has 0 unspecified atom stereocenters. The molecule has 0 aliphatic heterocycles. The van der Waals surface area contributed by atoms with Gasteiger partial charge < -0.3 is 10.5 Å². The van der Waals surface area contributed by atoms with Gasteiger partial charge in [0.05, 0.1) is 6.54 Å². The molecule has 0 rings (SSSR count). The van der Waals surface area contributed by atoms with Gasteiger partial charge in [-0.25, -0.2) is 0 Å². The predicted molar refractivity (Wildman–Crippen MR) is 36.7 cm³/mol. The largest absolute Gasteiger partial charge is 0.408 e. The average molecular weight is 151 g/mol. The van der Waals surface area contributed by atoms with E-state index in [-0.39, 0.29) is 10.9 Å². The molecule has 0 spiro atoms. The lowest BCUT2D eigenvalue weighted by molar-refractivity contribution is -0.133. The SMILES string of the molecule is NCC(=O)OC(=S)S. The molecule has 0 amide bonds. The van der Waals surface area contributed by atoms with Crippen LogP contribution in [-0.2, 0) is 9.53 Å². The van der Waals surface area contributed by atoms with Gasteiger partial charge in [0.15, 0.2) is 0 Å². The van der Waals surface area contributed by atoms with Crippen molar-refractivity contribution in [2.75, 3.05) is 6.54 Å². The number of ether oxygens (including phenoxy) is 1. The Morgan fingerprint density at radius 3 is 2.50 bits per heavy atom. The lowest BCUT2D eigenvalue weighted by Gasteiger charge is -1.94. The first kappa shape index (κ1) is 7.87. The molecule has 0 radical (unpaired) electrons. The Kier molecular flexibility index (Phi) is 3.76. The van der Waals surface area contributed by atoms with Gasteiger partial charge in [-0.05, 0) is 12.2 Å². The molecule has 0 fully saturated rings. The average Bonchev–Trinajstić information content (AvgIpc) is 1.65. The van der Waals surface area contributed by atoms with E-state index in [1.165, 1.54) is 0 Å². The maximum atomic E-state index is 10.1. The van der Waals surface area contributed by atoms with Crippen LogP contribution in [-0.4, -0.2) is 16.9 Å². The van der Waals surface area contributed by atoms with Crippen LogP contribution in [0.25, 0.3) is 0 Å². The van der Waals surface area contributed by atoms with Crippen LogP contribution in [0.1, 0.15) is 0 Å². The van der Waals surface area contributed by atoms with Crippen molar-refractivity contribution in [2.45, 2.75) is 0 Å². The first-order chi connectivity index (χ1) is 3.66. The monoisotopic (exact) mass is 151 g/mol. The Morgan fingerprint density at radius 2 is 2.38 bits per heavy atom. The second-order valence-electron chi connectivity index (χ2n) is 0.944. The summed E-state index contributed by atoms with van der Waals surface area (Å²) in [7, 11) is 0. The molecule has 0 aromatic rings. The van der Waals surface area contributed by atoms with Crippen LogP contribution in [0.15, 0.2) is 0 Å². The number of hydrogen-bond donors (Lipinski definition) is 2. The summed E-state index contributed by atoms with van der Waals surface area (Å²) >= 11 is 7.83. The van der Waals surface area contributed by atoms with Crippen molar-refractivity contribution < 1.29 is 9.53 Å². The Labute approximate surface area is 57.6 Å². The van der Waals surface area contributed by atoms with Crippen LogP contribution in [0.5, 0.6) is 0 Å². The lowest BCUT2D eigenvalue weighted by Crippen LogP contribution is -2.17. The maximum Gasteiger partial charge on any atom is 0.326 e. The summed E-state index contributed by atoms with van der Waals surface area (Å²) in [4.78, 5) is 10.1. The van der Waals surface area contributed by atoms with Gasteiger partial charge in [-0.1, -0.05) is 12.6 Å². The fraction of sp³-hybridized carbons (Fsp3) is 0.333. The first-order valence-electron chi connectivity index (χ1n) is 1.80. The topological polar surface area (TPSA) is 52.3 Å². The number of nitrogens with two attached hydrogens (primary N) is 1. The highest BCUT2D eigenvalue weighted by Gasteiger charge is 1.97. The predicted octanol–water partition coefficient (Wildman–Crippen LogP) is -0.297. The van der Waals surface area contributed by atoms with E-state index >= 15 is 0 Å². The zero-order valence-corrected chi connectivity index (χ0v) is 5.67. The van der Waals surface area contributed by atoms with Crippen LogP contribution >= 0.6 is 24.8 Å². The number of esters is 1. The van der Waals surface area contributed by atoms with Crippen molar-refractivity contribution in [3.8, 4) is 0 Å². The molecule has 0 saturated carbocycles. The van der Waals surface area contributed by atoms with Crippen molar-refractivity contribution in [1.29, 1.82) is 0 Å². The lowest BCUT2D eigenvalue weighted by atomic mass is 10.7. The third-order valence-corrected chi connectivity index (χ3v) is 0.542. The van der Waals surface area contributed by atoms with Gasteiger partial charge in [-0.3, -0.25) is 4.79 Å². The number of thiocarbonyl (C=S) groups is 1. The van der Waals surface area contributed by atoms with Crippen LogP contribution in [0, 0.1) is 0 Å². The van der Waals surface area contributed by atoms with Gasteiger partial charge in [-0.2, -0.15) is 0 Å². The van der Waals surface area contributed by atoms with Crippen LogP contribution < -0.4 is 5.73 Å². The van der Waals surface area contributed by atoms with E-state index in [2.05, 4.69) is 29.6 Å². The molecule has 0 bridgehead atoms. The second kappa shape index (κ2) is 3.82. The zero-order chi connectivity index (χ0) is 6.57. The van der Waals surface area contributed by atoms with Crippen molar-refractivity contribution >= 4 is 35.2 Å². The Balaban J connectivity index is 3.40. The molecule has 0 saturated heterocycles. The van der Waals surface area contributed by atoms with E-state index < -0.39 is 5.97 Å². The minimum Gasteiger partial charge on any atom is -0.408 e. The molecular weight excluding hydrogens is 146 g/mol. The van der Waals surface area contributed by atoms with Crippen molar-refractivity contribution in [1.82, 2.24) is 0 Å². The van der Waals surface area contributed by atoms with Crippen molar-refractivity contribution in [3.05, 3.63) is 0 Å². The molecule has 2 N–H and O–H groups in total. The Bertz CT molecular complexity index is 114. The summed E-state index contributed by atoms with van der Waals surface area (Å²) in [6.07, 6.45) is 0. The third kappa shape index (κ3) is 4.04. The molecule has 0 aromatic carbocycles. The van der Waals surface area contributed by atoms with Crippen molar-refractivity contribution in [2.24, 2.45) is 5.73 Å². The van der Waals surface area contributed by atoms with E-state index in [1.54, 1.807) is 0 Å². The Morgan fingerprint density at radius 1 is 1.88 bits per heavy atom. The summed E-state index contributed by atoms with van der Waals surface area (Å²) in [5, 5.41) is 0. The summed E-state index contributed by atoms with van der Waals surface area (Å²) in [5.74, 6) is -0.565. The fourth-order valence-electron chi connectivity index (χ4n) is 0.139. The van der Waals surface area contributed by atoms with Gasteiger partial charge in [-0.15, -0.1) is 0 Å². The zero-order valence-electron chi connectivity index (χ0n) is 3.96. The van der Waals surface area contributed by atoms with E-state index in [0.717, 1.165) is 0 Å². The summed E-state index contributed by atoms with van der Waals surface area (Å²) in [6.45, 7) is -0.166. The van der Waals surface area contributed by atoms with E-state index in [0.29, 0.717) is 0 Å². The molecule has 8 heavy (non-hydrogen) atoms. The maximum absolute atomic E-state index is 10.1. The highest BCUT2D eigenvalue weighted by molar-refractivity contribution is 8.10. The van der Waals surface area contributed by atoms with E-state index in [4.69, 9.17) is 5.73 Å². The van der Waals surface area contributed by atoms with Gasteiger partial charge in [0.25, 0.3) is 0 Å². The number of carbonyl (C=O) groups is 1. The number of hydrogen-bond acceptors (Lipinski definition) is 4. The quantitative estimate of drug-likeness (QED) is 0.307. The number of thiol groups is 1. The number of carbonyl (C=O) groups excluding carboxylic acids is 1. The van der Waals surface area contributed by atoms with Gasteiger partial charge in [0.2, 0.25) is 4.38 Å². The summed E-state index contributed by atoms with van der Waals surface area (Å²) in [5.41, 5.74) is 4.85. The molecule has 46 valence electrons. The molecule has 0 atom stereocenters. The number of rotatable bonds is 1. The molecule has 5 heteroatoms. The van der Waals surface area contributed by atoms with Crippen molar-refractivity contribution in [3.63, 3.8) is 0 Å². The minimum absolute atomic E-state index is 0.0968. The first-order valence-corrected chi connectivity index (χ1v) is 2.66. The molecule has 0 aliphatic rings. The molecular formula is C3H5NO2S2. The smallest absolute Gasteiger partial charge is 0.326 e. The Hall–Kier alpha value is -0.130. The van der Waals surface area contributed by atoms with Crippen LogP contribution in [0.4, 0.5) is 0 Å². The van der Waals surface area contributed by atoms with E-state index in [1.807, 2.05) is 0 Å². The second-order valence-corrected chi connectivity index (χ2v) is 2.02. The van der Waals surface area contributed by atoms with Gasteiger partial charge >= 0.3 is 5.97 Å². The summed E-state index contributed by atoms with van der Waals surface area (Å²) < 4.78 is 4.13. The molecule has 0 aromatic heterocycles. The van der Waals surface area contributed by atoms with Gasteiger partial charge in [0.1, 0.15) is 0 Å². The minimum atomic E-state index is -0.565. The van der Waals surface area contributed by atoms with Gasteiger partial charge in [0, 0.05) is 0 Å². The molecule has 0 aliphatic carbocycles. The normalized spacial score (nSPS) is 8.25. The van der Waals surface area contributed by atoms with E-state index in [9.17, 15) is 4.79 Å². The molecule has 3 nitrogen and oxygen atoms in total. The van der Waals surface area contributed by atoms with Crippen LogP contribution in [0.3, 0.4) is 0 Å². The standard InChI is InChI=1S/C3H5NO2S2/c4-1-2(5)6-3(7)8/h1,4H2,(H,7,8). The molecule has 0 heterocycles. The summed E-state index contributed by atoms with van der Waals surface area (Å²) in [6, 6.07) is 0. The fourth-order valence-corrected chi connectivity index (χ4v) is 0.334.